The summed E-state index contributed by atoms with van der Waals surface area (Å²) in [4.78, 5) is 12.9. The highest BCUT2D eigenvalue weighted by molar-refractivity contribution is 5.67. The first-order valence-electron chi connectivity index (χ1n) is 6.57. The molecule has 0 spiro atoms. The highest BCUT2D eigenvalue weighted by atomic mass is 16.4. The van der Waals surface area contributed by atoms with Crippen molar-refractivity contribution < 1.29 is 9.90 Å². The van der Waals surface area contributed by atoms with Gasteiger partial charge >= 0.3 is 5.97 Å². The van der Waals surface area contributed by atoms with Crippen molar-refractivity contribution in [2.45, 2.75) is 19.9 Å². The summed E-state index contributed by atoms with van der Waals surface area (Å²) in [6.07, 6.45) is 2.10. The van der Waals surface area contributed by atoms with Crippen LogP contribution in [-0.2, 0) is 18.4 Å². The van der Waals surface area contributed by atoms with Crippen LogP contribution in [0.1, 0.15) is 17.7 Å². The number of anilines is 1. The van der Waals surface area contributed by atoms with Crippen molar-refractivity contribution in [1.29, 1.82) is 0 Å². The molecule has 106 valence electrons. The Morgan fingerprint density at radius 2 is 2.05 bits per heavy atom. The zero-order chi connectivity index (χ0) is 14.5. The van der Waals surface area contributed by atoms with Gasteiger partial charge in [-0.3, -0.25) is 9.48 Å². The minimum absolute atomic E-state index is 0.119. The number of aliphatic carboxylic acids is 1. The number of aryl methyl sites for hydroxylation is 2. The van der Waals surface area contributed by atoms with Crippen LogP contribution in [0.3, 0.4) is 0 Å². The van der Waals surface area contributed by atoms with Crippen LogP contribution in [0.5, 0.6) is 0 Å². The summed E-state index contributed by atoms with van der Waals surface area (Å²) in [6.45, 7) is 3.11. The Balaban J connectivity index is 2.18. The fourth-order valence-corrected chi connectivity index (χ4v) is 2.18. The van der Waals surface area contributed by atoms with E-state index in [0.717, 1.165) is 16.9 Å². The molecule has 0 saturated heterocycles. The third-order valence-electron chi connectivity index (χ3n) is 3.19. The summed E-state index contributed by atoms with van der Waals surface area (Å²) in [5, 5.41) is 13.2. The van der Waals surface area contributed by atoms with Gasteiger partial charge in [-0.2, -0.15) is 5.10 Å². The van der Waals surface area contributed by atoms with Gasteiger partial charge in [0, 0.05) is 37.6 Å². The highest BCUT2D eigenvalue weighted by Gasteiger charge is 2.12. The van der Waals surface area contributed by atoms with Crippen LogP contribution in [0.4, 0.5) is 5.69 Å². The molecule has 0 bridgehead atoms. The van der Waals surface area contributed by atoms with Gasteiger partial charge in [0.1, 0.15) is 0 Å². The molecule has 0 radical (unpaired) electrons. The quantitative estimate of drug-likeness (QED) is 0.876. The van der Waals surface area contributed by atoms with Crippen molar-refractivity contribution in [3.8, 4) is 0 Å². The summed E-state index contributed by atoms with van der Waals surface area (Å²) in [5.74, 6) is -0.783. The number of hydrogen-bond donors (Lipinski definition) is 1. The molecule has 0 aliphatic carbocycles. The van der Waals surface area contributed by atoms with Crippen LogP contribution in [-0.4, -0.2) is 27.4 Å². The van der Waals surface area contributed by atoms with E-state index < -0.39 is 5.97 Å². The van der Waals surface area contributed by atoms with Crippen molar-refractivity contribution in [2.75, 3.05) is 11.4 Å². The molecule has 0 fully saturated rings. The van der Waals surface area contributed by atoms with Gasteiger partial charge in [0.05, 0.1) is 12.1 Å². The average Bonchev–Trinajstić information content (AvgIpc) is 2.73. The number of carboxylic acids is 1. The lowest BCUT2D eigenvalue weighted by molar-refractivity contribution is -0.136. The zero-order valence-electron chi connectivity index (χ0n) is 11.8. The van der Waals surface area contributed by atoms with E-state index in [-0.39, 0.29) is 6.42 Å². The first-order valence-corrected chi connectivity index (χ1v) is 6.57. The summed E-state index contributed by atoms with van der Waals surface area (Å²) in [5.41, 5.74) is 3.11. The molecule has 5 nitrogen and oxygen atoms in total. The van der Waals surface area contributed by atoms with Crippen molar-refractivity contribution in [1.82, 2.24) is 9.78 Å². The minimum Gasteiger partial charge on any atom is -0.481 e. The van der Waals surface area contributed by atoms with Crippen molar-refractivity contribution in [3.63, 3.8) is 0 Å². The number of rotatable bonds is 6. The topological polar surface area (TPSA) is 58.4 Å². The molecule has 20 heavy (non-hydrogen) atoms. The molecule has 2 aromatic rings. The second-order valence-corrected chi connectivity index (χ2v) is 4.81. The molecule has 0 aliphatic heterocycles. The van der Waals surface area contributed by atoms with E-state index in [0.29, 0.717) is 13.1 Å². The normalized spacial score (nSPS) is 10.5. The summed E-state index contributed by atoms with van der Waals surface area (Å²) >= 11 is 0. The lowest BCUT2D eigenvalue weighted by Crippen LogP contribution is -2.25. The molecular formula is C15H19N3O2. The van der Waals surface area contributed by atoms with Gasteiger partial charge < -0.3 is 10.0 Å². The maximum absolute atomic E-state index is 10.8. The van der Waals surface area contributed by atoms with Gasteiger partial charge in [-0.15, -0.1) is 0 Å². The summed E-state index contributed by atoms with van der Waals surface area (Å²) in [6, 6.07) is 9.85. The predicted molar refractivity (Wildman–Crippen MR) is 77.7 cm³/mol. The molecule has 1 N–H and O–H groups in total. The van der Waals surface area contributed by atoms with E-state index in [1.807, 2.05) is 50.5 Å². The lowest BCUT2D eigenvalue weighted by atomic mass is 10.2. The molecule has 0 unspecified atom stereocenters. The molecule has 5 heteroatoms. The largest absolute Gasteiger partial charge is 0.481 e. The van der Waals surface area contributed by atoms with Gasteiger partial charge in [0.2, 0.25) is 0 Å². The molecular weight excluding hydrogens is 254 g/mol. The Morgan fingerprint density at radius 1 is 1.35 bits per heavy atom. The van der Waals surface area contributed by atoms with Crippen molar-refractivity contribution in [2.24, 2.45) is 7.05 Å². The van der Waals surface area contributed by atoms with Crippen LogP contribution < -0.4 is 4.90 Å². The standard InChI is InChI=1S/C15H19N3O2/c1-12-13(10-17(2)16-12)11-18(9-8-15(19)20)14-6-4-3-5-7-14/h3-7,10H,8-9,11H2,1-2H3,(H,19,20). The number of hydrogen-bond acceptors (Lipinski definition) is 3. The predicted octanol–water partition coefficient (Wildman–Crippen LogP) is 2.21. The fraction of sp³-hybridized carbons (Fsp3) is 0.333. The Kier molecular flexibility index (Phi) is 4.40. The van der Waals surface area contributed by atoms with Gasteiger partial charge in [-0.1, -0.05) is 18.2 Å². The Hall–Kier alpha value is -2.30. The second-order valence-electron chi connectivity index (χ2n) is 4.81. The van der Waals surface area contributed by atoms with Crippen molar-refractivity contribution in [3.05, 3.63) is 47.8 Å². The van der Waals surface area contributed by atoms with E-state index in [1.54, 1.807) is 4.68 Å². The fourth-order valence-electron chi connectivity index (χ4n) is 2.18. The number of nitrogens with zero attached hydrogens (tertiary/aromatic N) is 3. The van der Waals surface area contributed by atoms with E-state index in [4.69, 9.17) is 5.11 Å². The highest BCUT2D eigenvalue weighted by Crippen LogP contribution is 2.18. The van der Waals surface area contributed by atoms with Crippen LogP contribution in [0.25, 0.3) is 0 Å². The molecule has 0 amide bonds. The molecule has 1 aromatic carbocycles. The third-order valence-corrected chi connectivity index (χ3v) is 3.19. The Labute approximate surface area is 118 Å². The van der Waals surface area contributed by atoms with E-state index in [9.17, 15) is 4.79 Å². The molecule has 0 saturated carbocycles. The summed E-state index contributed by atoms with van der Waals surface area (Å²) < 4.78 is 1.78. The van der Waals surface area contributed by atoms with Gasteiger partial charge in [0.25, 0.3) is 0 Å². The minimum atomic E-state index is -0.783. The first kappa shape index (κ1) is 14.1. The van der Waals surface area contributed by atoms with E-state index in [1.165, 1.54) is 0 Å². The Morgan fingerprint density at radius 3 is 2.60 bits per heavy atom. The Bertz CT molecular complexity index is 578. The van der Waals surface area contributed by atoms with Crippen LogP contribution in [0.2, 0.25) is 0 Å². The maximum Gasteiger partial charge on any atom is 0.305 e. The molecule has 1 heterocycles. The smallest absolute Gasteiger partial charge is 0.305 e. The zero-order valence-corrected chi connectivity index (χ0v) is 11.8. The van der Waals surface area contributed by atoms with Gasteiger partial charge in [-0.05, 0) is 19.1 Å². The number of benzene rings is 1. The number of carbonyl (C=O) groups is 1. The van der Waals surface area contributed by atoms with Crippen LogP contribution in [0.15, 0.2) is 36.5 Å². The number of carboxylic acid groups (broad SMARTS) is 1. The molecule has 2 rings (SSSR count). The first-order chi connectivity index (χ1) is 9.56. The van der Waals surface area contributed by atoms with Crippen LogP contribution in [0, 0.1) is 6.92 Å². The molecule has 0 atom stereocenters. The van der Waals surface area contributed by atoms with E-state index >= 15 is 0 Å². The van der Waals surface area contributed by atoms with Gasteiger partial charge in [-0.25, -0.2) is 0 Å². The SMILES string of the molecule is Cc1nn(C)cc1CN(CCC(=O)O)c1ccccc1. The molecule has 0 aliphatic rings. The monoisotopic (exact) mass is 273 g/mol. The second kappa shape index (κ2) is 6.23. The van der Waals surface area contributed by atoms with Crippen molar-refractivity contribution >= 4 is 11.7 Å². The summed E-state index contributed by atoms with van der Waals surface area (Å²) in [7, 11) is 1.89. The molecule has 1 aromatic heterocycles. The lowest BCUT2D eigenvalue weighted by Gasteiger charge is -2.24. The van der Waals surface area contributed by atoms with Crippen LogP contribution >= 0.6 is 0 Å². The number of para-hydroxylation sites is 1. The average molecular weight is 273 g/mol. The van der Waals surface area contributed by atoms with E-state index in [2.05, 4.69) is 10.00 Å². The number of aromatic nitrogens is 2. The maximum atomic E-state index is 10.8. The van der Waals surface area contributed by atoms with Gasteiger partial charge in [0.15, 0.2) is 0 Å². The third kappa shape index (κ3) is 3.60.